The summed E-state index contributed by atoms with van der Waals surface area (Å²) in [7, 11) is 0. The van der Waals surface area contributed by atoms with Gasteiger partial charge in [-0.15, -0.1) is 10.2 Å². The first-order chi connectivity index (χ1) is 16.6. The third kappa shape index (κ3) is 6.73. The van der Waals surface area contributed by atoms with Crippen LogP contribution in [-0.4, -0.2) is 27.6 Å². The Morgan fingerprint density at radius 2 is 1.88 bits per heavy atom. The molecule has 0 aliphatic heterocycles. The minimum atomic E-state index is -0.350. The van der Waals surface area contributed by atoms with Gasteiger partial charge in [0.05, 0.1) is 0 Å². The first-order valence-corrected chi connectivity index (χ1v) is 11.8. The Bertz CT molecular complexity index is 1160. The highest BCUT2D eigenvalue weighted by atomic mass is 19.1. The fourth-order valence-electron chi connectivity index (χ4n) is 4.13. The lowest BCUT2D eigenvalue weighted by atomic mass is 9.89. The molecule has 0 unspecified atom stereocenters. The number of ether oxygens (including phenoxy) is 1. The predicted octanol–water partition coefficient (Wildman–Crippen LogP) is 4.18. The van der Waals surface area contributed by atoms with Crippen LogP contribution in [0.4, 0.5) is 4.39 Å². The van der Waals surface area contributed by atoms with Crippen molar-refractivity contribution in [1.82, 2.24) is 20.5 Å². The molecular formula is C26H29FN4O3. The number of carbonyl (C=O) groups is 1. The third-order valence-corrected chi connectivity index (χ3v) is 6.09. The number of hydrogen-bond acceptors (Lipinski definition) is 5. The number of hydrogen-bond donors (Lipinski definition) is 2. The highest BCUT2D eigenvalue weighted by Gasteiger charge is 2.15. The average molecular weight is 465 g/mol. The molecule has 0 spiro atoms. The summed E-state index contributed by atoms with van der Waals surface area (Å²) in [4.78, 5) is 27.3. The van der Waals surface area contributed by atoms with Crippen LogP contribution in [0.5, 0.6) is 5.75 Å². The molecule has 3 aromatic rings. The first kappa shape index (κ1) is 23.6. The largest absolute Gasteiger partial charge is 0.489 e. The molecule has 1 saturated carbocycles. The van der Waals surface area contributed by atoms with E-state index < -0.39 is 0 Å². The molecule has 0 atom stereocenters. The molecule has 0 bridgehead atoms. The van der Waals surface area contributed by atoms with E-state index in [2.05, 4.69) is 20.5 Å². The van der Waals surface area contributed by atoms with E-state index in [0.717, 1.165) is 5.56 Å². The van der Waals surface area contributed by atoms with Gasteiger partial charge in [0.1, 0.15) is 23.9 Å². The molecule has 1 amide bonds. The first-order valence-electron chi connectivity index (χ1n) is 11.8. The lowest BCUT2D eigenvalue weighted by molar-refractivity contribution is -0.121. The number of nitrogens with one attached hydrogen (secondary N) is 2. The summed E-state index contributed by atoms with van der Waals surface area (Å²) in [6, 6.07) is 13.3. The zero-order valence-corrected chi connectivity index (χ0v) is 19.1. The predicted molar refractivity (Wildman–Crippen MR) is 127 cm³/mol. The summed E-state index contributed by atoms with van der Waals surface area (Å²) in [6.45, 7) is 0.957. The smallest absolute Gasteiger partial charge is 0.273 e. The van der Waals surface area contributed by atoms with Gasteiger partial charge in [0.15, 0.2) is 5.82 Å². The number of benzene rings is 2. The van der Waals surface area contributed by atoms with Crippen molar-refractivity contribution in [3.8, 4) is 17.1 Å². The Labute approximate surface area is 197 Å². The second-order valence-corrected chi connectivity index (χ2v) is 8.70. The van der Waals surface area contributed by atoms with Crippen LogP contribution < -0.4 is 15.6 Å². The molecule has 1 aliphatic carbocycles. The van der Waals surface area contributed by atoms with Crippen LogP contribution in [0.3, 0.4) is 0 Å². The van der Waals surface area contributed by atoms with Crippen molar-refractivity contribution in [1.29, 1.82) is 0 Å². The number of nitrogens with zero attached hydrogens (tertiary/aromatic N) is 2. The maximum absolute atomic E-state index is 13.3. The van der Waals surface area contributed by atoms with E-state index in [1.54, 1.807) is 36.4 Å². The standard InChI is InChI=1S/C26H29FN4O3/c27-21-8-4-7-19(15-21)17-34-22-11-9-20(10-12-22)25-29-26(33)23(30-31-25)13-14-24(32)28-16-18-5-2-1-3-6-18/h4,7-12,15,18H,1-3,5-6,13-14,16-17H2,(H,28,32)(H,29,31,33). The lowest BCUT2D eigenvalue weighted by Crippen LogP contribution is -2.31. The molecule has 34 heavy (non-hydrogen) atoms. The minimum Gasteiger partial charge on any atom is -0.489 e. The van der Waals surface area contributed by atoms with Gasteiger partial charge in [-0.3, -0.25) is 9.59 Å². The Kier molecular flexibility index (Phi) is 8.01. The van der Waals surface area contributed by atoms with Gasteiger partial charge < -0.3 is 15.0 Å². The Hall–Kier alpha value is -3.55. The molecule has 0 saturated heterocycles. The summed E-state index contributed by atoms with van der Waals surface area (Å²) >= 11 is 0. The highest BCUT2D eigenvalue weighted by Crippen LogP contribution is 2.23. The maximum atomic E-state index is 13.3. The summed E-state index contributed by atoms with van der Waals surface area (Å²) in [5.41, 5.74) is 1.31. The van der Waals surface area contributed by atoms with Gasteiger partial charge in [0.25, 0.3) is 5.56 Å². The third-order valence-electron chi connectivity index (χ3n) is 6.09. The minimum absolute atomic E-state index is 0.0651. The van der Waals surface area contributed by atoms with Gasteiger partial charge in [-0.25, -0.2) is 4.39 Å². The van der Waals surface area contributed by atoms with Crippen molar-refractivity contribution < 1.29 is 13.9 Å². The van der Waals surface area contributed by atoms with E-state index >= 15 is 0 Å². The number of aromatic amines is 1. The Balaban J connectivity index is 1.28. The van der Waals surface area contributed by atoms with Gasteiger partial charge >= 0.3 is 0 Å². The molecule has 2 N–H and O–H groups in total. The average Bonchev–Trinajstić information content (AvgIpc) is 2.86. The number of aromatic nitrogens is 3. The second kappa shape index (κ2) is 11.5. The van der Waals surface area contributed by atoms with Crippen LogP contribution in [0.25, 0.3) is 11.4 Å². The Morgan fingerprint density at radius 1 is 1.09 bits per heavy atom. The second-order valence-electron chi connectivity index (χ2n) is 8.70. The molecule has 0 radical (unpaired) electrons. The SMILES string of the molecule is O=C(CCc1nnc(-c2ccc(OCc3cccc(F)c3)cc2)[nH]c1=O)NCC1CCCCC1. The van der Waals surface area contributed by atoms with Crippen molar-refractivity contribution in [2.24, 2.45) is 5.92 Å². The van der Waals surface area contributed by atoms with Crippen LogP contribution in [0.15, 0.2) is 53.3 Å². The molecule has 4 rings (SSSR count). The van der Waals surface area contributed by atoms with Gasteiger partial charge in [0.2, 0.25) is 5.91 Å². The lowest BCUT2D eigenvalue weighted by Gasteiger charge is -2.21. The topological polar surface area (TPSA) is 97.0 Å². The monoisotopic (exact) mass is 464 g/mol. The molecule has 1 heterocycles. The number of aryl methyl sites for hydroxylation is 1. The van der Waals surface area contributed by atoms with Crippen molar-refractivity contribution in [2.45, 2.75) is 51.6 Å². The molecule has 1 aromatic heterocycles. The number of H-pyrrole nitrogens is 1. The van der Waals surface area contributed by atoms with E-state index in [9.17, 15) is 14.0 Å². The molecule has 7 nitrogen and oxygen atoms in total. The van der Waals surface area contributed by atoms with E-state index in [1.807, 2.05) is 0 Å². The fraction of sp³-hybridized carbons (Fsp3) is 0.385. The van der Waals surface area contributed by atoms with Crippen molar-refractivity contribution >= 4 is 5.91 Å². The van der Waals surface area contributed by atoms with Gasteiger partial charge in [-0.2, -0.15) is 0 Å². The van der Waals surface area contributed by atoms with Crippen LogP contribution in [0.1, 0.15) is 49.8 Å². The van der Waals surface area contributed by atoms with Crippen LogP contribution in [0, 0.1) is 11.7 Å². The van der Waals surface area contributed by atoms with E-state index in [-0.39, 0.29) is 42.4 Å². The zero-order chi connectivity index (χ0) is 23.8. The van der Waals surface area contributed by atoms with Gasteiger partial charge in [-0.05, 0) is 60.7 Å². The highest BCUT2D eigenvalue weighted by molar-refractivity contribution is 5.76. The number of rotatable bonds is 9. The zero-order valence-electron chi connectivity index (χ0n) is 19.1. The van der Waals surface area contributed by atoms with Crippen molar-refractivity contribution in [3.63, 3.8) is 0 Å². The number of amides is 1. The maximum Gasteiger partial charge on any atom is 0.273 e. The summed E-state index contributed by atoms with van der Waals surface area (Å²) in [6.07, 6.45) is 6.56. The molecule has 2 aromatic carbocycles. The molecular weight excluding hydrogens is 435 g/mol. The van der Waals surface area contributed by atoms with Crippen LogP contribution in [0.2, 0.25) is 0 Å². The quantitative estimate of drug-likeness (QED) is 0.495. The van der Waals surface area contributed by atoms with Crippen molar-refractivity contribution in [3.05, 3.63) is 76.0 Å². The number of halogens is 1. The normalized spacial score (nSPS) is 14.0. The van der Waals surface area contributed by atoms with E-state index in [4.69, 9.17) is 4.74 Å². The molecule has 8 heteroatoms. The van der Waals surface area contributed by atoms with Crippen LogP contribution in [-0.2, 0) is 17.8 Å². The molecule has 1 aliphatic rings. The van der Waals surface area contributed by atoms with Gasteiger partial charge in [0, 0.05) is 24.9 Å². The van der Waals surface area contributed by atoms with Crippen LogP contribution >= 0.6 is 0 Å². The molecule has 1 fully saturated rings. The van der Waals surface area contributed by atoms with Crippen molar-refractivity contribution in [2.75, 3.05) is 6.54 Å². The summed E-state index contributed by atoms with van der Waals surface area (Å²) in [5.74, 6) is 1.15. The van der Waals surface area contributed by atoms with E-state index in [1.165, 1.54) is 44.2 Å². The summed E-state index contributed by atoms with van der Waals surface area (Å²) < 4.78 is 19.0. The van der Waals surface area contributed by atoms with Gasteiger partial charge in [-0.1, -0.05) is 31.4 Å². The Morgan fingerprint density at radius 3 is 2.62 bits per heavy atom. The van der Waals surface area contributed by atoms with E-state index in [0.29, 0.717) is 29.6 Å². The fourth-order valence-corrected chi connectivity index (χ4v) is 4.13. The molecule has 178 valence electrons. The number of carbonyl (C=O) groups excluding carboxylic acids is 1. The summed E-state index contributed by atoms with van der Waals surface area (Å²) in [5, 5.41) is 11.1.